The van der Waals surface area contributed by atoms with E-state index in [0.717, 1.165) is 0 Å². The Morgan fingerprint density at radius 1 is 0.882 bits per heavy atom. The van der Waals surface area contributed by atoms with Crippen molar-refractivity contribution in [1.29, 1.82) is 0 Å². The monoisotopic (exact) mass is 292 g/mol. The van der Waals surface area contributed by atoms with E-state index in [1.807, 2.05) is 7.11 Å². The fraction of sp³-hybridized carbons (Fsp3) is 1.00. The van der Waals surface area contributed by atoms with Crippen molar-refractivity contribution in [3.8, 4) is 0 Å². The van der Waals surface area contributed by atoms with Crippen molar-refractivity contribution in [2.24, 2.45) is 0 Å². The molecule has 0 amide bonds. The first-order valence-corrected chi connectivity index (χ1v) is 16.4. The van der Waals surface area contributed by atoms with Crippen molar-refractivity contribution >= 4 is 24.7 Å². The van der Waals surface area contributed by atoms with Gasteiger partial charge in [-0.2, -0.15) is 0 Å². The lowest BCUT2D eigenvalue weighted by Gasteiger charge is -2.35. The van der Waals surface area contributed by atoms with Crippen LogP contribution in [0.2, 0.25) is 57.9 Å². The highest BCUT2D eigenvalue weighted by atomic mass is 28.4. The average Bonchev–Trinajstić information content (AvgIpc) is 2.13. The third-order valence-corrected chi connectivity index (χ3v) is 11.5. The fourth-order valence-electron chi connectivity index (χ4n) is 1.52. The van der Waals surface area contributed by atoms with E-state index >= 15 is 0 Å². The molecule has 0 saturated heterocycles. The van der Waals surface area contributed by atoms with Crippen molar-refractivity contribution in [3.05, 3.63) is 0 Å². The Morgan fingerprint density at radius 3 is 1.71 bits per heavy atom. The van der Waals surface area contributed by atoms with Crippen LogP contribution < -0.4 is 0 Å². The SMILES string of the molecule is CO[Si](C)(C)C(C)O[Si](C)(C)CC[Si](C)(C)C. The summed E-state index contributed by atoms with van der Waals surface area (Å²) >= 11 is 0. The maximum absolute atomic E-state index is 6.39. The van der Waals surface area contributed by atoms with E-state index < -0.39 is 24.7 Å². The highest BCUT2D eigenvalue weighted by Gasteiger charge is 2.36. The highest BCUT2D eigenvalue weighted by molar-refractivity contribution is 6.80. The summed E-state index contributed by atoms with van der Waals surface area (Å²) in [5.41, 5.74) is 0.302. The Morgan fingerprint density at radius 2 is 1.35 bits per heavy atom. The molecule has 0 radical (unpaired) electrons. The number of hydrogen-bond acceptors (Lipinski definition) is 2. The van der Waals surface area contributed by atoms with E-state index in [1.165, 1.54) is 12.1 Å². The predicted molar refractivity (Wildman–Crippen MR) is 85.5 cm³/mol. The van der Waals surface area contributed by atoms with Crippen molar-refractivity contribution in [3.63, 3.8) is 0 Å². The zero-order valence-corrected chi connectivity index (χ0v) is 16.3. The quantitative estimate of drug-likeness (QED) is 0.650. The second-order valence-electron chi connectivity index (χ2n) is 7.39. The first-order chi connectivity index (χ1) is 7.40. The Bertz CT molecular complexity index is 234. The summed E-state index contributed by atoms with van der Waals surface area (Å²) in [7, 11) is -2.27. The highest BCUT2D eigenvalue weighted by Crippen LogP contribution is 2.24. The standard InChI is InChI=1S/C12H32O2Si3/c1-12(17(8,9)13-2)14-16(6,7)11-10-15(3,4)5/h12H,10-11H2,1-9H3. The van der Waals surface area contributed by atoms with Gasteiger partial charge >= 0.3 is 0 Å². The molecule has 17 heavy (non-hydrogen) atoms. The summed E-state index contributed by atoms with van der Waals surface area (Å²) in [6, 6.07) is 2.68. The minimum atomic E-state index is -1.64. The maximum Gasteiger partial charge on any atom is 0.212 e. The van der Waals surface area contributed by atoms with Gasteiger partial charge in [0.05, 0.1) is 5.73 Å². The molecule has 0 bridgehead atoms. The van der Waals surface area contributed by atoms with Crippen LogP contribution in [0.4, 0.5) is 0 Å². The zero-order chi connectivity index (χ0) is 13.9. The van der Waals surface area contributed by atoms with Crippen LogP contribution in [0.5, 0.6) is 0 Å². The van der Waals surface area contributed by atoms with Gasteiger partial charge in [0.2, 0.25) is 8.32 Å². The van der Waals surface area contributed by atoms with E-state index in [2.05, 4.69) is 52.8 Å². The van der Waals surface area contributed by atoms with E-state index in [4.69, 9.17) is 8.85 Å². The molecule has 0 aliphatic rings. The third-order valence-electron chi connectivity index (χ3n) is 3.48. The Balaban J connectivity index is 4.35. The topological polar surface area (TPSA) is 18.5 Å². The Hall–Kier alpha value is 0.571. The van der Waals surface area contributed by atoms with E-state index in [0.29, 0.717) is 5.73 Å². The molecule has 2 nitrogen and oxygen atoms in total. The molecule has 0 aromatic carbocycles. The van der Waals surface area contributed by atoms with Crippen LogP contribution in [-0.4, -0.2) is 37.5 Å². The molecule has 0 heterocycles. The maximum atomic E-state index is 6.39. The van der Waals surface area contributed by atoms with Gasteiger partial charge in [-0.3, -0.25) is 0 Å². The molecule has 0 rings (SSSR count). The molecule has 0 aliphatic carbocycles. The first kappa shape index (κ1) is 17.6. The number of hydrogen-bond donors (Lipinski definition) is 0. The van der Waals surface area contributed by atoms with Crippen LogP contribution in [0.15, 0.2) is 0 Å². The molecule has 0 spiro atoms. The molecule has 5 heteroatoms. The third kappa shape index (κ3) is 7.56. The predicted octanol–water partition coefficient (Wildman–Crippen LogP) is 4.33. The Labute approximate surface area is 111 Å². The van der Waals surface area contributed by atoms with E-state index in [9.17, 15) is 0 Å². The fourth-order valence-corrected chi connectivity index (χ4v) is 10.4. The second-order valence-corrected chi connectivity index (χ2v) is 21.7. The molecule has 1 atom stereocenters. The molecule has 0 aromatic rings. The van der Waals surface area contributed by atoms with Crippen LogP contribution >= 0.6 is 0 Å². The van der Waals surface area contributed by atoms with Crippen molar-refractivity contribution in [2.45, 2.75) is 70.6 Å². The molecular weight excluding hydrogens is 260 g/mol. The summed E-state index contributed by atoms with van der Waals surface area (Å²) in [5.74, 6) is 0. The van der Waals surface area contributed by atoms with Crippen LogP contribution in [0.3, 0.4) is 0 Å². The van der Waals surface area contributed by atoms with Gasteiger partial charge in [-0.25, -0.2) is 0 Å². The molecule has 0 saturated carbocycles. The normalized spacial score (nSPS) is 16.1. The summed E-state index contributed by atoms with van der Waals surface area (Å²) in [6.45, 7) is 18.7. The molecule has 0 aliphatic heterocycles. The lowest BCUT2D eigenvalue weighted by molar-refractivity contribution is 0.240. The van der Waals surface area contributed by atoms with Gasteiger partial charge < -0.3 is 8.85 Å². The molecular formula is C12H32O2Si3. The van der Waals surface area contributed by atoms with Crippen LogP contribution in [0.25, 0.3) is 0 Å². The average molecular weight is 293 g/mol. The van der Waals surface area contributed by atoms with Gasteiger partial charge in [0.1, 0.15) is 0 Å². The molecule has 0 aromatic heterocycles. The first-order valence-electron chi connectivity index (χ1n) is 6.63. The lowest BCUT2D eigenvalue weighted by Crippen LogP contribution is -2.49. The van der Waals surface area contributed by atoms with Crippen molar-refractivity contribution < 1.29 is 8.85 Å². The second kappa shape index (κ2) is 6.14. The molecule has 1 unspecified atom stereocenters. The van der Waals surface area contributed by atoms with Gasteiger partial charge in [-0.15, -0.1) is 0 Å². The van der Waals surface area contributed by atoms with Crippen LogP contribution in [0, 0.1) is 0 Å². The summed E-state index contributed by atoms with van der Waals surface area (Å²) in [4.78, 5) is 0. The minimum absolute atomic E-state index is 0.302. The van der Waals surface area contributed by atoms with Gasteiger partial charge in [-0.05, 0) is 39.2 Å². The van der Waals surface area contributed by atoms with E-state index in [1.54, 1.807) is 0 Å². The number of rotatable bonds is 7. The molecule has 0 fully saturated rings. The lowest BCUT2D eigenvalue weighted by atomic mass is 10.9. The van der Waals surface area contributed by atoms with Gasteiger partial charge in [0, 0.05) is 15.2 Å². The largest absolute Gasteiger partial charge is 0.418 e. The molecule has 104 valence electrons. The van der Waals surface area contributed by atoms with Gasteiger partial charge in [0.25, 0.3) is 0 Å². The van der Waals surface area contributed by atoms with Crippen LogP contribution in [-0.2, 0) is 8.85 Å². The van der Waals surface area contributed by atoms with Gasteiger partial charge in [-0.1, -0.05) is 25.7 Å². The Kier molecular flexibility index (Phi) is 6.35. The van der Waals surface area contributed by atoms with Crippen LogP contribution in [0.1, 0.15) is 6.92 Å². The molecule has 0 N–H and O–H groups in total. The smallest absolute Gasteiger partial charge is 0.212 e. The minimum Gasteiger partial charge on any atom is -0.418 e. The summed E-state index contributed by atoms with van der Waals surface area (Å²) < 4.78 is 12.0. The van der Waals surface area contributed by atoms with Crippen molar-refractivity contribution in [1.82, 2.24) is 0 Å². The van der Waals surface area contributed by atoms with E-state index in [-0.39, 0.29) is 0 Å². The summed E-state index contributed by atoms with van der Waals surface area (Å²) in [6.07, 6.45) is 0. The van der Waals surface area contributed by atoms with Crippen molar-refractivity contribution in [2.75, 3.05) is 7.11 Å². The zero-order valence-electron chi connectivity index (χ0n) is 13.3. The summed E-state index contributed by atoms with van der Waals surface area (Å²) in [5, 5.41) is 0. The van der Waals surface area contributed by atoms with Gasteiger partial charge in [0.15, 0.2) is 8.32 Å².